The Balaban J connectivity index is 2.34. The Bertz CT molecular complexity index is 1080. The van der Waals surface area contributed by atoms with Crippen molar-refractivity contribution in [2.45, 2.75) is 13.8 Å². The van der Waals surface area contributed by atoms with Gasteiger partial charge >= 0.3 is 0 Å². The summed E-state index contributed by atoms with van der Waals surface area (Å²) < 4.78 is 5.15. The maximum atomic E-state index is 10.4. The Morgan fingerprint density at radius 3 is 2.58 bits per heavy atom. The first kappa shape index (κ1) is 17.1. The molecule has 2 aromatic rings. The monoisotopic (exact) mass is 344 g/mol. The standard InChI is InChI=1S/C20H16N4O2/c1-10-13(7-12-5-4-6-16(26-3)19(12)25)17-11(2)15(9-22)20(23)24-18(17)14(10)8-21/h4-7,25H,1-3H3,(H2,23,24)/b13-7-. The van der Waals surface area contributed by atoms with Crippen LogP contribution in [0, 0.1) is 29.6 Å². The molecule has 3 rings (SSSR count). The van der Waals surface area contributed by atoms with Gasteiger partial charge in [0.2, 0.25) is 0 Å². The molecule has 6 heteroatoms. The zero-order valence-corrected chi connectivity index (χ0v) is 14.6. The van der Waals surface area contributed by atoms with Gasteiger partial charge in [-0.1, -0.05) is 12.1 Å². The van der Waals surface area contributed by atoms with Crippen LogP contribution >= 0.6 is 0 Å². The van der Waals surface area contributed by atoms with E-state index in [1.54, 1.807) is 31.2 Å². The van der Waals surface area contributed by atoms with Gasteiger partial charge in [-0.3, -0.25) is 0 Å². The van der Waals surface area contributed by atoms with Gasteiger partial charge < -0.3 is 15.6 Å². The Morgan fingerprint density at radius 2 is 1.96 bits per heavy atom. The van der Waals surface area contributed by atoms with Gasteiger partial charge in [-0.15, -0.1) is 0 Å². The molecule has 0 atom stereocenters. The zero-order valence-electron chi connectivity index (χ0n) is 14.6. The minimum Gasteiger partial charge on any atom is -0.504 e. The third-order valence-corrected chi connectivity index (χ3v) is 4.53. The lowest BCUT2D eigenvalue weighted by atomic mass is 9.95. The first-order chi connectivity index (χ1) is 12.4. The van der Waals surface area contributed by atoms with Crippen LogP contribution in [-0.4, -0.2) is 17.2 Å². The van der Waals surface area contributed by atoms with E-state index in [1.807, 2.05) is 6.92 Å². The molecule has 0 radical (unpaired) electrons. The number of nitrogens with zero attached hydrogens (tertiary/aromatic N) is 3. The number of anilines is 1. The summed E-state index contributed by atoms with van der Waals surface area (Å²) in [6, 6.07) is 9.40. The number of allylic oxidation sites excluding steroid dienone is 3. The molecule has 3 N–H and O–H groups in total. The highest BCUT2D eigenvalue weighted by Crippen LogP contribution is 2.45. The van der Waals surface area contributed by atoms with Gasteiger partial charge in [0.05, 0.1) is 23.9 Å². The number of fused-ring (bicyclic) bond motifs is 1. The summed E-state index contributed by atoms with van der Waals surface area (Å²) in [6.45, 7) is 3.59. The number of rotatable bonds is 2. The number of aromatic nitrogens is 1. The second-order valence-corrected chi connectivity index (χ2v) is 5.90. The fraction of sp³-hybridized carbons (Fsp3) is 0.150. The van der Waals surface area contributed by atoms with Crippen LogP contribution in [0.5, 0.6) is 11.5 Å². The van der Waals surface area contributed by atoms with Gasteiger partial charge in [-0.25, -0.2) is 4.98 Å². The van der Waals surface area contributed by atoms with E-state index in [0.717, 1.165) is 11.1 Å². The molecule has 0 fully saturated rings. The molecule has 0 saturated carbocycles. The first-order valence-electron chi connectivity index (χ1n) is 7.84. The van der Waals surface area contributed by atoms with E-state index in [0.29, 0.717) is 33.7 Å². The van der Waals surface area contributed by atoms with Crippen molar-refractivity contribution in [3.63, 3.8) is 0 Å². The maximum Gasteiger partial charge on any atom is 0.165 e. The quantitative estimate of drug-likeness (QED) is 0.862. The van der Waals surface area contributed by atoms with Gasteiger partial charge in [0.15, 0.2) is 11.5 Å². The van der Waals surface area contributed by atoms with E-state index in [9.17, 15) is 15.6 Å². The van der Waals surface area contributed by atoms with Gasteiger partial charge in [0, 0.05) is 11.1 Å². The number of pyridine rings is 1. The third kappa shape index (κ3) is 2.37. The van der Waals surface area contributed by atoms with Gasteiger partial charge in [-0.2, -0.15) is 10.5 Å². The molecule has 1 heterocycles. The molecule has 6 nitrogen and oxygen atoms in total. The van der Waals surface area contributed by atoms with Gasteiger partial charge in [0.1, 0.15) is 18.0 Å². The lowest BCUT2D eigenvalue weighted by Gasteiger charge is -2.12. The van der Waals surface area contributed by atoms with E-state index >= 15 is 0 Å². The van der Waals surface area contributed by atoms with Crippen molar-refractivity contribution < 1.29 is 9.84 Å². The number of phenols is 1. The second kappa shape index (κ2) is 6.27. The topological polar surface area (TPSA) is 116 Å². The predicted octanol–water partition coefficient (Wildman–Crippen LogP) is 3.41. The number of para-hydroxylation sites is 1. The van der Waals surface area contributed by atoms with Crippen molar-refractivity contribution in [2.75, 3.05) is 12.8 Å². The van der Waals surface area contributed by atoms with E-state index in [4.69, 9.17) is 10.5 Å². The minimum atomic E-state index is 0.00354. The molecule has 1 aliphatic rings. The number of phenolic OH excluding ortho intramolecular Hbond substituents is 1. The summed E-state index contributed by atoms with van der Waals surface area (Å²) in [5.41, 5.74) is 10.4. The Labute approximate surface area is 151 Å². The molecule has 0 aliphatic heterocycles. The summed E-state index contributed by atoms with van der Waals surface area (Å²) in [4.78, 5) is 4.28. The van der Waals surface area contributed by atoms with Crippen LogP contribution in [0.25, 0.3) is 17.2 Å². The van der Waals surface area contributed by atoms with Crippen molar-refractivity contribution in [3.05, 3.63) is 51.7 Å². The number of benzene rings is 1. The number of nitrogens with two attached hydrogens (primary N) is 1. The number of ether oxygens (including phenoxy) is 1. The Kier molecular flexibility index (Phi) is 4.11. The summed E-state index contributed by atoms with van der Waals surface area (Å²) >= 11 is 0. The van der Waals surface area contributed by atoms with Crippen LogP contribution in [0.2, 0.25) is 0 Å². The average molecular weight is 344 g/mol. The van der Waals surface area contributed by atoms with E-state index in [-0.39, 0.29) is 17.1 Å². The zero-order chi connectivity index (χ0) is 19.0. The Hall–Kier alpha value is -3.77. The fourth-order valence-corrected chi connectivity index (χ4v) is 3.17. The highest BCUT2D eigenvalue weighted by molar-refractivity contribution is 6.09. The van der Waals surface area contributed by atoms with Crippen LogP contribution in [0.3, 0.4) is 0 Å². The number of hydrogen-bond donors (Lipinski definition) is 2. The number of aromatic hydroxyl groups is 1. The van der Waals surface area contributed by atoms with Gasteiger partial charge in [0.25, 0.3) is 0 Å². The summed E-state index contributed by atoms with van der Waals surface area (Å²) in [5, 5.41) is 29.3. The summed E-state index contributed by atoms with van der Waals surface area (Å²) in [5.74, 6) is 0.461. The molecule has 128 valence electrons. The third-order valence-electron chi connectivity index (χ3n) is 4.53. The highest BCUT2D eigenvalue weighted by atomic mass is 16.5. The van der Waals surface area contributed by atoms with Crippen LogP contribution in [0.4, 0.5) is 5.82 Å². The largest absolute Gasteiger partial charge is 0.504 e. The van der Waals surface area contributed by atoms with Crippen LogP contribution in [-0.2, 0) is 0 Å². The molecule has 0 spiro atoms. The molecule has 0 saturated heterocycles. The molecule has 26 heavy (non-hydrogen) atoms. The molecule has 0 unspecified atom stereocenters. The van der Waals surface area contributed by atoms with E-state index in [2.05, 4.69) is 17.1 Å². The van der Waals surface area contributed by atoms with Crippen molar-refractivity contribution >= 4 is 23.0 Å². The van der Waals surface area contributed by atoms with E-state index < -0.39 is 0 Å². The second-order valence-electron chi connectivity index (χ2n) is 5.90. The normalized spacial score (nSPS) is 14.1. The number of nitriles is 2. The SMILES string of the molecule is COc1cccc(/C=C2/C(C)=C(C#N)c3nc(N)c(C#N)c(C)c32)c1O. The molecule has 1 aromatic carbocycles. The Morgan fingerprint density at radius 1 is 1.23 bits per heavy atom. The van der Waals surface area contributed by atoms with Crippen molar-refractivity contribution in [1.29, 1.82) is 10.5 Å². The van der Waals surface area contributed by atoms with Crippen molar-refractivity contribution in [3.8, 4) is 23.6 Å². The first-order valence-corrected chi connectivity index (χ1v) is 7.84. The molecular formula is C20H16N4O2. The van der Waals surface area contributed by atoms with Crippen molar-refractivity contribution in [1.82, 2.24) is 4.98 Å². The lowest BCUT2D eigenvalue weighted by Crippen LogP contribution is -2.03. The summed E-state index contributed by atoms with van der Waals surface area (Å²) in [6.07, 6.45) is 1.77. The maximum absolute atomic E-state index is 10.4. The highest BCUT2D eigenvalue weighted by Gasteiger charge is 2.29. The fourth-order valence-electron chi connectivity index (χ4n) is 3.17. The summed E-state index contributed by atoms with van der Waals surface area (Å²) in [7, 11) is 1.48. The lowest BCUT2D eigenvalue weighted by molar-refractivity contribution is 0.373. The number of hydrogen-bond acceptors (Lipinski definition) is 6. The number of nitrogen functional groups attached to an aromatic ring is 1. The molecule has 1 aromatic heterocycles. The van der Waals surface area contributed by atoms with E-state index in [1.165, 1.54) is 7.11 Å². The number of methoxy groups -OCH3 is 1. The molecule has 0 bridgehead atoms. The van der Waals surface area contributed by atoms with Crippen LogP contribution in [0.1, 0.15) is 34.9 Å². The smallest absolute Gasteiger partial charge is 0.165 e. The average Bonchev–Trinajstić information content (AvgIpc) is 2.88. The van der Waals surface area contributed by atoms with Gasteiger partial charge in [-0.05, 0) is 42.7 Å². The molecule has 0 amide bonds. The van der Waals surface area contributed by atoms with Crippen molar-refractivity contribution in [2.24, 2.45) is 0 Å². The molecular weight excluding hydrogens is 328 g/mol. The van der Waals surface area contributed by atoms with Crippen LogP contribution < -0.4 is 10.5 Å². The molecule has 1 aliphatic carbocycles. The predicted molar refractivity (Wildman–Crippen MR) is 98.8 cm³/mol. The van der Waals surface area contributed by atoms with Crippen LogP contribution in [0.15, 0.2) is 23.8 Å². The minimum absolute atomic E-state index is 0.00354.